The van der Waals surface area contributed by atoms with Gasteiger partial charge < -0.3 is 4.74 Å². The summed E-state index contributed by atoms with van der Waals surface area (Å²) in [4.78, 5) is 11.8. The van der Waals surface area contributed by atoms with E-state index in [2.05, 4.69) is 9.82 Å². The number of ether oxygens (including phenoxy) is 1. The van der Waals surface area contributed by atoms with E-state index < -0.39 is 22.0 Å². The van der Waals surface area contributed by atoms with E-state index in [1.807, 2.05) is 6.92 Å². The Balaban J connectivity index is 3.06. The fourth-order valence-corrected chi connectivity index (χ4v) is 4.01. The number of aryl methyl sites for hydroxylation is 2. The second kappa shape index (κ2) is 7.94. The van der Waals surface area contributed by atoms with Gasteiger partial charge in [0.2, 0.25) is 10.0 Å². The Kier molecular flexibility index (Phi) is 6.83. The van der Waals surface area contributed by atoms with Crippen LogP contribution in [0.4, 0.5) is 0 Å². The molecule has 0 aromatic carbocycles. The maximum absolute atomic E-state index is 12.5. The van der Waals surface area contributed by atoms with Crippen LogP contribution in [0.3, 0.4) is 0 Å². The first-order valence-electron chi connectivity index (χ1n) is 7.12. The van der Waals surface area contributed by atoms with Gasteiger partial charge in [-0.2, -0.15) is 9.82 Å². The van der Waals surface area contributed by atoms with Gasteiger partial charge in [-0.15, -0.1) is 0 Å². The number of hydrogen-bond acceptors (Lipinski definition) is 5. The van der Waals surface area contributed by atoms with E-state index in [1.165, 1.54) is 4.68 Å². The third-order valence-corrected chi connectivity index (χ3v) is 5.25. The molecule has 0 aliphatic carbocycles. The summed E-state index contributed by atoms with van der Waals surface area (Å²) in [7, 11) is -2.41. The van der Waals surface area contributed by atoms with Gasteiger partial charge in [0, 0.05) is 7.05 Å². The molecule has 1 N–H and O–H groups in total. The van der Waals surface area contributed by atoms with Gasteiger partial charge in [0.05, 0.1) is 12.3 Å². The Hall–Kier alpha value is -1.12. The van der Waals surface area contributed by atoms with Gasteiger partial charge in [-0.25, -0.2) is 8.42 Å². The van der Waals surface area contributed by atoms with Crippen LogP contribution in [0.1, 0.15) is 38.8 Å². The molecule has 0 aliphatic rings. The zero-order chi connectivity index (χ0) is 16.9. The molecular formula is C13H22ClN3O4S. The maximum Gasteiger partial charge on any atom is 0.324 e. The maximum atomic E-state index is 12.5. The van der Waals surface area contributed by atoms with E-state index in [-0.39, 0.29) is 22.3 Å². The number of unbranched alkanes of at least 4 members (excludes halogenated alkanes) is 1. The van der Waals surface area contributed by atoms with Gasteiger partial charge in [-0.05, 0) is 20.3 Å². The molecule has 126 valence electrons. The molecule has 1 atom stereocenters. The normalized spacial score (nSPS) is 13.1. The number of carbonyl (C=O) groups excluding carboxylic acids is 1. The number of esters is 1. The molecule has 1 aromatic rings. The highest BCUT2D eigenvalue weighted by atomic mass is 35.5. The van der Waals surface area contributed by atoms with Gasteiger partial charge in [0.1, 0.15) is 16.1 Å². The average molecular weight is 352 g/mol. The molecule has 7 nitrogen and oxygen atoms in total. The third-order valence-electron chi connectivity index (χ3n) is 3.08. The summed E-state index contributed by atoms with van der Waals surface area (Å²) in [6.45, 7) is 5.37. The van der Waals surface area contributed by atoms with Crippen LogP contribution in [0.2, 0.25) is 5.15 Å². The number of hydrogen-bond donors (Lipinski definition) is 1. The third kappa shape index (κ3) is 4.44. The Bertz CT molecular complexity index is 627. The minimum absolute atomic E-state index is 0.00287. The van der Waals surface area contributed by atoms with Crippen LogP contribution < -0.4 is 4.72 Å². The van der Waals surface area contributed by atoms with Crippen molar-refractivity contribution in [1.82, 2.24) is 14.5 Å². The van der Waals surface area contributed by atoms with Crippen LogP contribution in [-0.4, -0.2) is 36.8 Å². The molecule has 0 aliphatic heterocycles. The van der Waals surface area contributed by atoms with Gasteiger partial charge in [0.25, 0.3) is 0 Å². The summed E-state index contributed by atoms with van der Waals surface area (Å²) < 4.78 is 33.6. The lowest BCUT2D eigenvalue weighted by Gasteiger charge is -2.17. The molecule has 0 amide bonds. The lowest BCUT2D eigenvalue weighted by Crippen LogP contribution is -2.42. The molecule has 1 unspecified atom stereocenters. The van der Waals surface area contributed by atoms with E-state index in [0.717, 1.165) is 6.42 Å². The Morgan fingerprint density at radius 1 is 1.45 bits per heavy atom. The molecule has 0 saturated carbocycles. The summed E-state index contributed by atoms with van der Waals surface area (Å²) in [6.07, 6.45) is 1.90. The molecule has 0 fully saturated rings. The van der Waals surface area contributed by atoms with Crippen LogP contribution in [-0.2, 0) is 26.6 Å². The first kappa shape index (κ1) is 18.9. The van der Waals surface area contributed by atoms with Crippen molar-refractivity contribution in [2.45, 2.75) is 51.0 Å². The fraction of sp³-hybridized carbons (Fsp3) is 0.692. The van der Waals surface area contributed by atoms with E-state index in [0.29, 0.717) is 12.8 Å². The number of rotatable bonds is 8. The first-order chi connectivity index (χ1) is 10.2. The van der Waals surface area contributed by atoms with Gasteiger partial charge in [-0.3, -0.25) is 9.48 Å². The average Bonchev–Trinajstić information content (AvgIpc) is 2.68. The van der Waals surface area contributed by atoms with Gasteiger partial charge >= 0.3 is 5.97 Å². The molecule has 22 heavy (non-hydrogen) atoms. The molecule has 0 radical (unpaired) electrons. The topological polar surface area (TPSA) is 90.3 Å². The Labute approximate surface area is 136 Å². The van der Waals surface area contributed by atoms with Crippen molar-refractivity contribution in [1.29, 1.82) is 0 Å². The minimum Gasteiger partial charge on any atom is -0.465 e. The lowest BCUT2D eigenvalue weighted by atomic mass is 10.1. The number of sulfonamides is 1. The Morgan fingerprint density at radius 3 is 2.55 bits per heavy atom. The molecule has 0 spiro atoms. The number of halogens is 1. The summed E-state index contributed by atoms with van der Waals surface area (Å²) in [5.74, 6) is -0.586. The lowest BCUT2D eigenvalue weighted by molar-refractivity contribution is -0.145. The predicted molar refractivity (Wildman–Crippen MR) is 83.2 cm³/mol. The molecule has 9 heteroatoms. The standard InChI is InChI=1S/C13H22ClN3O4S/c1-5-7-8-10(13(18)21-6-2)16-22(19,20)11-9(3)15-17(4)12(11)14/h10,16H,5-8H2,1-4H3. The van der Waals surface area contributed by atoms with Crippen molar-refractivity contribution >= 4 is 27.6 Å². The highest BCUT2D eigenvalue weighted by Crippen LogP contribution is 2.24. The van der Waals surface area contributed by atoms with Gasteiger partial charge in [0.15, 0.2) is 0 Å². The Morgan fingerprint density at radius 2 is 2.09 bits per heavy atom. The molecule has 0 bridgehead atoms. The van der Waals surface area contributed by atoms with Crippen molar-refractivity contribution < 1.29 is 17.9 Å². The molecule has 1 aromatic heterocycles. The van der Waals surface area contributed by atoms with Crippen LogP contribution >= 0.6 is 11.6 Å². The second-order valence-electron chi connectivity index (χ2n) is 4.90. The highest BCUT2D eigenvalue weighted by molar-refractivity contribution is 7.89. The molecular weight excluding hydrogens is 330 g/mol. The first-order valence-corrected chi connectivity index (χ1v) is 8.98. The van der Waals surface area contributed by atoms with Gasteiger partial charge in [-0.1, -0.05) is 31.4 Å². The van der Waals surface area contributed by atoms with E-state index in [9.17, 15) is 13.2 Å². The molecule has 1 heterocycles. The van der Waals surface area contributed by atoms with Crippen molar-refractivity contribution in [3.05, 3.63) is 10.8 Å². The summed E-state index contributed by atoms with van der Waals surface area (Å²) in [6, 6.07) is -0.930. The fourth-order valence-electron chi connectivity index (χ4n) is 2.04. The number of aromatic nitrogens is 2. The number of nitrogens with one attached hydrogen (secondary N) is 1. The van der Waals surface area contributed by atoms with Crippen molar-refractivity contribution in [3.8, 4) is 0 Å². The van der Waals surface area contributed by atoms with Crippen molar-refractivity contribution in [3.63, 3.8) is 0 Å². The molecule has 1 rings (SSSR count). The summed E-state index contributed by atoms with van der Waals surface area (Å²) in [5, 5.41) is 3.98. The van der Waals surface area contributed by atoms with Crippen molar-refractivity contribution in [2.75, 3.05) is 6.61 Å². The largest absolute Gasteiger partial charge is 0.465 e. The van der Waals surface area contributed by atoms with E-state index in [4.69, 9.17) is 16.3 Å². The van der Waals surface area contributed by atoms with E-state index in [1.54, 1.807) is 20.9 Å². The van der Waals surface area contributed by atoms with Crippen LogP contribution in [0.25, 0.3) is 0 Å². The SMILES string of the molecule is CCCCC(NS(=O)(=O)c1c(C)nn(C)c1Cl)C(=O)OCC. The van der Waals surface area contributed by atoms with Crippen LogP contribution in [0.5, 0.6) is 0 Å². The monoisotopic (exact) mass is 351 g/mol. The smallest absolute Gasteiger partial charge is 0.324 e. The summed E-state index contributed by atoms with van der Waals surface area (Å²) >= 11 is 5.99. The second-order valence-corrected chi connectivity index (χ2v) is 6.91. The predicted octanol–water partition coefficient (Wildman–Crippen LogP) is 1.78. The molecule has 0 saturated heterocycles. The van der Waals surface area contributed by atoms with Crippen LogP contribution in [0.15, 0.2) is 4.90 Å². The zero-order valence-electron chi connectivity index (χ0n) is 13.2. The van der Waals surface area contributed by atoms with E-state index >= 15 is 0 Å². The minimum atomic E-state index is -3.96. The zero-order valence-corrected chi connectivity index (χ0v) is 14.8. The number of carbonyl (C=O) groups is 1. The number of nitrogens with zero attached hydrogens (tertiary/aromatic N) is 2. The highest BCUT2D eigenvalue weighted by Gasteiger charge is 2.31. The quantitative estimate of drug-likeness (QED) is 0.721. The van der Waals surface area contributed by atoms with Crippen molar-refractivity contribution in [2.24, 2.45) is 7.05 Å². The van der Waals surface area contributed by atoms with Crippen LogP contribution in [0, 0.1) is 6.92 Å². The summed E-state index contributed by atoms with van der Waals surface area (Å²) in [5.41, 5.74) is 0.276.